The molecule has 1 heterocycles. The van der Waals surface area contributed by atoms with Crippen molar-refractivity contribution in [2.75, 3.05) is 49.5 Å². The lowest BCUT2D eigenvalue weighted by Gasteiger charge is -2.36. The molecule has 0 bridgehead atoms. The van der Waals surface area contributed by atoms with Crippen molar-refractivity contribution in [3.63, 3.8) is 0 Å². The zero-order valence-electron chi connectivity index (χ0n) is 16.4. The number of benzene rings is 2. The maximum Gasteiger partial charge on any atom is 0.313 e. The zero-order valence-corrected chi connectivity index (χ0v) is 16.4. The van der Waals surface area contributed by atoms with Gasteiger partial charge in [-0.15, -0.1) is 0 Å². The van der Waals surface area contributed by atoms with E-state index in [1.807, 2.05) is 30.3 Å². The molecule has 0 aliphatic carbocycles. The molecule has 1 saturated heterocycles. The molecule has 2 N–H and O–H groups in total. The summed E-state index contributed by atoms with van der Waals surface area (Å²) in [5.41, 5.74) is 3.07. The van der Waals surface area contributed by atoms with Crippen molar-refractivity contribution in [3.8, 4) is 0 Å². The van der Waals surface area contributed by atoms with E-state index in [2.05, 4.69) is 51.6 Å². The molecule has 1 fully saturated rings. The number of nitrogens with one attached hydrogen (secondary N) is 2. The number of nitrogens with zero attached hydrogens (tertiary/aromatic N) is 2. The number of rotatable bonds is 6. The van der Waals surface area contributed by atoms with E-state index in [4.69, 9.17) is 0 Å². The van der Waals surface area contributed by atoms with E-state index in [-0.39, 0.29) is 0 Å². The van der Waals surface area contributed by atoms with Gasteiger partial charge in [0.2, 0.25) is 0 Å². The highest BCUT2D eigenvalue weighted by Crippen LogP contribution is 2.15. The first-order valence-corrected chi connectivity index (χ1v) is 9.86. The van der Waals surface area contributed by atoms with Crippen LogP contribution in [-0.2, 0) is 16.0 Å². The topological polar surface area (TPSA) is 64.7 Å². The average Bonchev–Trinajstić information content (AvgIpc) is 2.75. The fraction of sp³-hybridized carbons (Fsp3) is 0.364. The maximum absolute atomic E-state index is 12.0. The smallest absolute Gasteiger partial charge is 0.313 e. The van der Waals surface area contributed by atoms with Crippen molar-refractivity contribution in [2.45, 2.75) is 13.3 Å². The number of hydrogen-bond donors (Lipinski definition) is 2. The molecule has 1 aliphatic rings. The van der Waals surface area contributed by atoms with Crippen LogP contribution in [0.3, 0.4) is 0 Å². The number of hydrogen-bond acceptors (Lipinski definition) is 4. The number of amides is 2. The van der Waals surface area contributed by atoms with Gasteiger partial charge in [-0.2, -0.15) is 0 Å². The van der Waals surface area contributed by atoms with Crippen LogP contribution < -0.4 is 15.5 Å². The third-order valence-electron chi connectivity index (χ3n) is 5.03. The van der Waals surface area contributed by atoms with Crippen LogP contribution in [0, 0.1) is 0 Å². The van der Waals surface area contributed by atoms with Crippen LogP contribution in [0.25, 0.3) is 0 Å². The Hall–Kier alpha value is -2.86. The summed E-state index contributed by atoms with van der Waals surface area (Å²) in [7, 11) is 0. The predicted molar refractivity (Wildman–Crippen MR) is 113 cm³/mol. The normalized spacial score (nSPS) is 14.5. The zero-order chi connectivity index (χ0) is 19.8. The lowest BCUT2D eigenvalue weighted by atomic mass is 10.1. The van der Waals surface area contributed by atoms with Crippen molar-refractivity contribution >= 4 is 23.2 Å². The predicted octanol–water partition coefficient (Wildman–Crippen LogP) is 2.13. The molecule has 0 atom stereocenters. The third kappa shape index (κ3) is 5.57. The molecule has 0 saturated carbocycles. The Morgan fingerprint density at radius 1 is 0.893 bits per heavy atom. The fourth-order valence-electron chi connectivity index (χ4n) is 3.29. The van der Waals surface area contributed by atoms with Gasteiger partial charge in [-0.1, -0.05) is 37.3 Å². The molecule has 6 heteroatoms. The standard InChI is InChI=1S/C22H28N4O2/c1-2-18-8-10-19(11-9-18)24-22(28)21(27)23-12-13-25-14-16-26(17-15-25)20-6-4-3-5-7-20/h3-11H,2,12-17H2,1H3,(H,23,27)(H,24,28). The molecule has 0 spiro atoms. The second-order valence-corrected chi connectivity index (χ2v) is 6.92. The average molecular weight is 380 g/mol. The summed E-state index contributed by atoms with van der Waals surface area (Å²) < 4.78 is 0. The minimum atomic E-state index is -0.627. The molecular formula is C22H28N4O2. The summed E-state index contributed by atoms with van der Waals surface area (Å²) >= 11 is 0. The lowest BCUT2D eigenvalue weighted by molar-refractivity contribution is -0.136. The molecule has 28 heavy (non-hydrogen) atoms. The minimum Gasteiger partial charge on any atom is -0.369 e. The summed E-state index contributed by atoms with van der Waals surface area (Å²) in [4.78, 5) is 28.7. The van der Waals surface area contributed by atoms with E-state index < -0.39 is 11.8 Å². The van der Waals surface area contributed by atoms with E-state index in [1.54, 1.807) is 0 Å². The number of carbonyl (C=O) groups is 2. The molecule has 0 radical (unpaired) electrons. The highest BCUT2D eigenvalue weighted by molar-refractivity contribution is 6.39. The van der Waals surface area contributed by atoms with E-state index in [9.17, 15) is 9.59 Å². The van der Waals surface area contributed by atoms with Crippen LogP contribution in [0.5, 0.6) is 0 Å². The minimum absolute atomic E-state index is 0.465. The summed E-state index contributed by atoms with van der Waals surface area (Å²) in [5.74, 6) is -1.22. The van der Waals surface area contributed by atoms with Crippen LogP contribution in [0.4, 0.5) is 11.4 Å². The molecular weight excluding hydrogens is 352 g/mol. The Bertz CT molecular complexity index is 769. The van der Waals surface area contributed by atoms with Crippen molar-refractivity contribution in [3.05, 3.63) is 60.2 Å². The van der Waals surface area contributed by atoms with Gasteiger partial charge < -0.3 is 15.5 Å². The molecule has 6 nitrogen and oxygen atoms in total. The monoisotopic (exact) mass is 380 g/mol. The van der Waals surface area contributed by atoms with Gasteiger partial charge in [-0.05, 0) is 36.2 Å². The van der Waals surface area contributed by atoms with Gasteiger partial charge in [-0.25, -0.2) is 0 Å². The molecule has 2 aromatic rings. The second kappa shape index (κ2) is 9.90. The van der Waals surface area contributed by atoms with Gasteiger partial charge in [0, 0.05) is 50.6 Å². The van der Waals surface area contributed by atoms with Gasteiger partial charge >= 0.3 is 11.8 Å². The molecule has 3 rings (SSSR count). The first-order chi connectivity index (χ1) is 13.7. The van der Waals surface area contributed by atoms with E-state index in [0.717, 1.165) is 39.1 Å². The Balaban J connectivity index is 1.35. The Labute approximate surface area is 166 Å². The second-order valence-electron chi connectivity index (χ2n) is 6.92. The van der Waals surface area contributed by atoms with Crippen molar-refractivity contribution in [1.82, 2.24) is 10.2 Å². The molecule has 2 aromatic carbocycles. The fourth-order valence-corrected chi connectivity index (χ4v) is 3.29. The van der Waals surface area contributed by atoms with Crippen LogP contribution in [0.1, 0.15) is 12.5 Å². The highest BCUT2D eigenvalue weighted by atomic mass is 16.2. The van der Waals surface area contributed by atoms with E-state index in [0.29, 0.717) is 12.2 Å². The molecule has 0 unspecified atom stereocenters. The third-order valence-corrected chi connectivity index (χ3v) is 5.03. The van der Waals surface area contributed by atoms with Gasteiger partial charge in [0.05, 0.1) is 0 Å². The number of piperazine rings is 1. The Morgan fingerprint density at radius 3 is 2.21 bits per heavy atom. The summed E-state index contributed by atoms with van der Waals surface area (Å²) in [6.45, 7) is 7.10. The van der Waals surface area contributed by atoms with Gasteiger partial charge in [-0.3, -0.25) is 14.5 Å². The summed E-state index contributed by atoms with van der Waals surface area (Å²) in [6.07, 6.45) is 0.939. The van der Waals surface area contributed by atoms with Gasteiger partial charge in [0.1, 0.15) is 0 Å². The van der Waals surface area contributed by atoms with Gasteiger partial charge in [0.15, 0.2) is 0 Å². The highest BCUT2D eigenvalue weighted by Gasteiger charge is 2.18. The van der Waals surface area contributed by atoms with Crippen molar-refractivity contribution < 1.29 is 9.59 Å². The Morgan fingerprint density at radius 2 is 1.57 bits per heavy atom. The van der Waals surface area contributed by atoms with Crippen molar-refractivity contribution in [2.24, 2.45) is 0 Å². The van der Waals surface area contributed by atoms with Crippen LogP contribution >= 0.6 is 0 Å². The van der Waals surface area contributed by atoms with E-state index in [1.165, 1.54) is 11.3 Å². The van der Waals surface area contributed by atoms with E-state index >= 15 is 0 Å². The van der Waals surface area contributed by atoms with Crippen LogP contribution in [0.2, 0.25) is 0 Å². The summed E-state index contributed by atoms with van der Waals surface area (Å²) in [6, 6.07) is 17.9. The SMILES string of the molecule is CCc1ccc(NC(=O)C(=O)NCCN2CCN(c3ccccc3)CC2)cc1. The molecule has 148 valence electrons. The maximum atomic E-state index is 12.0. The molecule has 1 aliphatic heterocycles. The first kappa shape index (κ1) is 19.9. The largest absolute Gasteiger partial charge is 0.369 e. The number of aryl methyl sites for hydroxylation is 1. The van der Waals surface area contributed by atoms with Crippen LogP contribution in [0.15, 0.2) is 54.6 Å². The first-order valence-electron chi connectivity index (χ1n) is 9.86. The molecule has 2 amide bonds. The Kier molecular flexibility index (Phi) is 7.03. The van der Waals surface area contributed by atoms with Crippen molar-refractivity contribution in [1.29, 1.82) is 0 Å². The number of carbonyl (C=O) groups excluding carboxylic acids is 2. The quantitative estimate of drug-likeness (QED) is 0.754. The van der Waals surface area contributed by atoms with Gasteiger partial charge in [0.25, 0.3) is 0 Å². The lowest BCUT2D eigenvalue weighted by Crippen LogP contribution is -2.49. The number of para-hydroxylation sites is 1. The number of anilines is 2. The molecule has 0 aromatic heterocycles. The summed E-state index contributed by atoms with van der Waals surface area (Å²) in [5, 5.41) is 5.34. The van der Waals surface area contributed by atoms with Crippen LogP contribution in [-0.4, -0.2) is 56.0 Å².